The quantitative estimate of drug-likeness (QED) is 0.441. The van der Waals surface area contributed by atoms with E-state index in [9.17, 15) is 24.3 Å². The molecular formula is C23H22N2O6. The molecule has 2 aromatic rings. The van der Waals surface area contributed by atoms with Crippen LogP contribution in [0.1, 0.15) is 31.0 Å². The predicted molar refractivity (Wildman–Crippen MR) is 110 cm³/mol. The molecule has 2 amide bonds. The first-order valence-electron chi connectivity index (χ1n) is 9.88. The van der Waals surface area contributed by atoms with Crippen LogP contribution in [0.4, 0.5) is 5.69 Å². The predicted octanol–water partition coefficient (Wildman–Crippen LogP) is 2.21. The van der Waals surface area contributed by atoms with Crippen LogP contribution in [-0.4, -0.2) is 34.4 Å². The lowest BCUT2D eigenvalue weighted by atomic mass is 9.80. The molecule has 160 valence electrons. The summed E-state index contributed by atoms with van der Waals surface area (Å²) in [6, 6.07) is 12.8. The van der Waals surface area contributed by atoms with Gasteiger partial charge in [-0.1, -0.05) is 30.3 Å². The number of rotatable bonds is 4. The molecule has 8 nitrogen and oxygen atoms in total. The van der Waals surface area contributed by atoms with Gasteiger partial charge in [-0.05, 0) is 43.2 Å². The molecule has 0 bridgehead atoms. The van der Waals surface area contributed by atoms with Crippen LogP contribution in [-0.2, 0) is 19.2 Å². The van der Waals surface area contributed by atoms with Gasteiger partial charge in [0.1, 0.15) is 11.3 Å². The third kappa shape index (κ3) is 3.19. The molecule has 0 aromatic heterocycles. The van der Waals surface area contributed by atoms with Gasteiger partial charge in [0.25, 0.3) is 0 Å². The summed E-state index contributed by atoms with van der Waals surface area (Å²) >= 11 is 0. The Hall–Kier alpha value is -3.52. The molecule has 0 spiro atoms. The van der Waals surface area contributed by atoms with Crippen molar-refractivity contribution in [1.29, 1.82) is 0 Å². The van der Waals surface area contributed by atoms with Crippen molar-refractivity contribution < 1.29 is 29.0 Å². The first-order chi connectivity index (χ1) is 14.6. The molecule has 0 aliphatic carbocycles. The third-order valence-electron chi connectivity index (χ3n) is 6.09. The van der Waals surface area contributed by atoms with Crippen molar-refractivity contribution in [1.82, 2.24) is 5.32 Å². The Kier molecular flexibility index (Phi) is 4.89. The Morgan fingerprint density at radius 1 is 1.06 bits per heavy atom. The van der Waals surface area contributed by atoms with Crippen LogP contribution in [0.2, 0.25) is 0 Å². The molecule has 4 rings (SSSR count). The van der Waals surface area contributed by atoms with Gasteiger partial charge in [-0.3, -0.25) is 24.5 Å². The highest BCUT2D eigenvalue weighted by Crippen LogP contribution is 2.50. The number of nitrogens with zero attached hydrogens (tertiary/aromatic N) is 1. The number of carboxylic acid groups (broad SMARTS) is 1. The van der Waals surface area contributed by atoms with E-state index in [1.807, 2.05) is 0 Å². The average Bonchev–Trinajstić information content (AvgIpc) is 3.17. The van der Waals surface area contributed by atoms with Crippen LogP contribution in [0.3, 0.4) is 0 Å². The molecule has 2 saturated heterocycles. The summed E-state index contributed by atoms with van der Waals surface area (Å²) in [6.07, 6.45) is 0. The summed E-state index contributed by atoms with van der Waals surface area (Å²) in [5.41, 5.74) is 0.220. The molecule has 2 aliphatic rings. The van der Waals surface area contributed by atoms with Crippen molar-refractivity contribution in [2.75, 3.05) is 4.90 Å². The van der Waals surface area contributed by atoms with Crippen molar-refractivity contribution in [3.8, 4) is 5.75 Å². The van der Waals surface area contributed by atoms with Crippen molar-refractivity contribution in [2.24, 2.45) is 11.8 Å². The number of imide groups is 1. The normalized spacial score (nSPS) is 27.3. The molecule has 0 radical (unpaired) electrons. The Bertz CT molecular complexity index is 1100. The molecule has 8 heteroatoms. The van der Waals surface area contributed by atoms with E-state index in [0.717, 1.165) is 10.5 Å². The molecular weight excluding hydrogens is 400 g/mol. The number of amides is 2. The number of anilines is 1. The van der Waals surface area contributed by atoms with Crippen LogP contribution in [0.5, 0.6) is 5.75 Å². The maximum absolute atomic E-state index is 13.5. The van der Waals surface area contributed by atoms with E-state index in [-0.39, 0.29) is 0 Å². The Labute approximate surface area is 178 Å². The van der Waals surface area contributed by atoms with Gasteiger partial charge < -0.3 is 9.84 Å². The molecule has 2 N–H and O–H groups in total. The summed E-state index contributed by atoms with van der Waals surface area (Å²) < 4.78 is 5.04. The molecule has 4 atom stereocenters. The standard InChI is InChI=1S/C23H22N2O6/c1-12-6-4-5-7-16(12)25-20(27)17-18(21(25)28)23(3,22(29)30)24-19(17)14-8-10-15(11-9-14)31-13(2)26/h4-11,17-19,24H,1-3H3,(H,29,30). The topological polar surface area (TPSA) is 113 Å². The number of benzene rings is 2. The number of aliphatic carboxylic acids is 1. The van der Waals surface area contributed by atoms with Gasteiger partial charge in [0.15, 0.2) is 0 Å². The van der Waals surface area contributed by atoms with E-state index in [0.29, 0.717) is 17.0 Å². The number of ether oxygens (including phenoxy) is 1. The van der Waals surface area contributed by atoms with Crippen molar-refractivity contribution in [3.63, 3.8) is 0 Å². The Morgan fingerprint density at radius 3 is 2.29 bits per heavy atom. The van der Waals surface area contributed by atoms with Crippen LogP contribution in [0, 0.1) is 18.8 Å². The Balaban J connectivity index is 1.77. The fourth-order valence-corrected chi connectivity index (χ4v) is 4.58. The first-order valence-corrected chi connectivity index (χ1v) is 9.88. The van der Waals surface area contributed by atoms with Gasteiger partial charge in [0, 0.05) is 13.0 Å². The summed E-state index contributed by atoms with van der Waals surface area (Å²) in [4.78, 5) is 51.3. The molecule has 2 fully saturated rings. The molecule has 2 heterocycles. The largest absolute Gasteiger partial charge is 0.480 e. The highest BCUT2D eigenvalue weighted by molar-refractivity contribution is 6.24. The number of hydrogen-bond donors (Lipinski definition) is 2. The maximum atomic E-state index is 13.5. The van der Waals surface area contributed by atoms with Gasteiger partial charge in [-0.2, -0.15) is 0 Å². The average molecular weight is 422 g/mol. The van der Waals surface area contributed by atoms with E-state index in [4.69, 9.17) is 4.74 Å². The van der Waals surface area contributed by atoms with Crippen LogP contribution >= 0.6 is 0 Å². The van der Waals surface area contributed by atoms with E-state index >= 15 is 0 Å². The summed E-state index contributed by atoms with van der Waals surface area (Å²) in [5.74, 6) is -4.23. The number of aryl methyl sites for hydroxylation is 1. The number of carbonyl (C=O) groups excluding carboxylic acids is 3. The summed E-state index contributed by atoms with van der Waals surface area (Å²) in [5, 5.41) is 13.0. The van der Waals surface area contributed by atoms with Gasteiger partial charge in [-0.25, -0.2) is 4.90 Å². The Morgan fingerprint density at radius 2 is 1.71 bits per heavy atom. The number of fused-ring (bicyclic) bond motifs is 1. The van der Waals surface area contributed by atoms with E-state index in [1.165, 1.54) is 13.8 Å². The number of carbonyl (C=O) groups is 4. The number of nitrogens with one attached hydrogen (secondary N) is 1. The monoisotopic (exact) mass is 422 g/mol. The van der Waals surface area contributed by atoms with Crippen molar-refractivity contribution in [3.05, 3.63) is 59.7 Å². The van der Waals surface area contributed by atoms with E-state index in [1.54, 1.807) is 55.5 Å². The highest BCUT2D eigenvalue weighted by atomic mass is 16.5. The van der Waals surface area contributed by atoms with Crippen LogP contribution in [0.15, 0.2) is 48.5 Å². The van der Waals surface area contributed by atoms with Crippen molar-refractivity contribution in [2.45, 2.75) is 32.4 Å². The number of hydrogen-bond acceptors (Lipinski definition) is 6. The molecule has 0 saturated carbocycles. The zero-order valence-electron chi connectivity index (χ0n) is 17.3. The van der Waals surface area contributed by atoms with Gasteiger partial charge in [-0.15, -0.1) is 0 Å². The second kappa shape index (κ2) is 7.31. The van der Waals surface area contributed by atoms with E-state index in [2.05, 4.69) is 5.32 Å². The lowest BCUT2D eigenvalue weighted by Crippen LogP contribution is -2.53. The van der Waals surface area contributed by atoms with Gasteiger partial charge >= 0.3 is 11.9 Å². The van der Waals surface area contributed by atoms with Crippen LogP contribution in [0.25, 0.3) is 0 Å². The lowest BCUT2D eigenvalue weighted by Gasteiger charge is -2.27. The molecule has 2 aromatic carbocycles. The van der Waals surface area contributed by atoms with Gasteiger partial charge in [0.2, 0.25) is 11.8 Å². The fraction of sp³-hybridized carbons (Fsp3) is 0.304. The second-order valence-corrected chi connectivity index (χ2v) is 8.09. The first kappa shape index (κ1) is 20.7. The molecule has 31 heavy (non-hydrogen) atoms. The zero-order valence-corrected chi connectivity index (χ0v) is 17.3. The molecule has 2 aliphatic heterocycles. The summed E-state index contributed by atoms with van der Waals surface area (Å²) in [7, 11) is 0. The summed E-state index contributed by atoms with van der Waals surface area (Å²) in [6.45, 7) is 4.52. The van der Waals surface area contributed by atoms with Gasteiger partial charge in [0.05, 0.1) is 17.5 Å². The third-order valence-corrected chi connectivity index (χ3v) is 6.09. The fourth-order valence-electron chi connectivity index (χ4n) is 4.58. The minimum absolute atomic E-state index is 0.335. The number of esters is 1. The SMILES string of the molecule is CC(=O)Oc1ccc(C2NC(C)(C(=O)O)C3C(=O)N(c4ccccc4C)C(=O)C23)cc1. The minimum Gasteiger partial charge on any atom is -0.480 e. The maximum Gasteiger partial charge on any atom is 0.324 e. The van der Waals surface area contributed by atoms with Crippen molar-refractivity contribution >= 4 is 29.4 Å². The smallest absolute Gasteiger partial charge is 0.324 e. The lowest BCUT2D eigenvalue weighted by molar-refractivity contribution is -0.147. The van der Waals surface area contributed by atoms with E-state index < -0.39 is 47.2 Å². The van der Waals surface area contributed by atoms with Crippen LogP contribution < -0.4 is 15.0 Å². The minimum atomic E-state index is -1.62. The number of carboxylic acids is 1. The molecule has 4 unspecified atom stereocenters. The second-order valence-electron chi connectivity index (χ2n) is 8.09. The zero-order chi connectivity index (χ0) is 22.5. The highest BCUT2D eigenvalue weighted by Gasteiger charge is 2.67. The number of para-hydroxylation sites is 1.